The van der Waals surface area contributed by atoms with Gasteiger partial charge in [-0.1, -0.05) is 36.4 Å². The van der Waals surface area contributed by atoms with E-state index >= 15 is 0 Å². The van der Waals surface area contributed by atoms with Gasteiger partial charge in [0, 0.05) is 200 Å². The number of rotatable bonds is 13. The fourth-order valence-corrected chi connectivity index (χ4v) is 17.6. The normalized spacial score (nSPS) is 19.2. The second-order valence-electron chi connectivity index (χ2n) is 32.1. The number of nitrogens with zero attached hydrogens (tertiary/aromatic N) is 9. The maximum atomic E-state index is 12.9. The number of aromatic nitrogens is 4. The Balaban J connectivity index is 0.000000114. The summed E-state index contributed by atoms with van der Waals surface area (Å²) in [4.78, 5) is 74.7. The standard InChI is InChI=1S/C26H31N3O3.C23H26N4O3.C22H25N5O2.C22H24N4O2/c1-18(30)29-13-5-6-19-14-21(8-10-24(19)29)26(31)27-22-15-20-7-9-23(16-25(20)32-17-22)28-11-3-2-4-12-28;1-29-19-4-8-27-9-5-20(21(27)14-19)23(28)25-17-12-16-2-3-18(13-22(16)30-15-17)26-10-6-24-7-11-26;1-15-3-2-4-20-19(13-24-27(15)20)22(28)25-17-11-16-5-6-18(12-21(16)29-14-17)26-9-7-23-8-10-26;27-22(19-6-10-26-9-2-1-3-20(19)26)24-17-13-16-4-5-18(14-21(16)28-15-17)25-11-7-23-8-12-25/h7-10,14,16,22H,2-6,11-13,15,17H2,1H3,(H,27,31);2-5,8-9,13-14,17,24H,6-7,10-12,15H2,1H3,(H,25,28);2-6,12-13,17,23H,7-11,14H2,1H3,(H,25,28);1-6,9-10,14,17,23H,7-8,11-13,15H2,(H,24,27)/t22-;3*17-/m1111/s1. The van der Waals surface area contributed by atoms with Crippen LogP contribution in [0, 0.1) is 6.92 Å². The van der Waals surface area contributed by atoms with E-state index in [1.807, 2.05) is 119 Å². The summed E-state index contributed by atoms with van der Waals surface area (Å²) in [6, 6.07) is 50.4. The fourth-order valence-electron chi connectivity index (χ4n) is 17.6. The molecular formula is C93H106N16O10. The van der Waals surface area contributed by atoms with E-state index in [1.54, 1.807) is 29.6 Å². The number of fused-ring (bicyclic) bond motifs is 8. The van der Waals surface area contributed by atoms with Gasteiger partial charge < -0.3 is 94.2 Å². The number of nitrogens with one attached hydrogen (secondary N) is 7. The Bertz CT molecular complexity index is 5500. The first-order valence-corrected chi connectivity index (χ1v) is 42.2. The molecule has 26 nitrogen and oxygen atoms in total. The van der Waals surface area contributed by atoms with E-state index in [4.69, 9.17) is 23.7 Å². The van der Waals surface area contributed by atoms with Crippen LogP contribution in [0.3, 0.4) is 0 Å². The summed E-state index contributed by atoms with van der Waals surface area (Å²) in [7, 11) is 1.62. The molecule has 0 unspecified atom stereocenters. The third kappa shape index (κ3) is 18.2. The van der Waals surface area contributed by atoms with Gasteiger partial charge in [-0.25, -0.2) is 4.52 Å². The monoisotopic (exact) mass is 1610 g/mol. The van der Waals surface area contributed by atoms with Gasteiger partial charge in [-0.3, -0.25) is 24.0 Å². The molecule has 4 saturated heterocycles. The molecule has 5 aromatic carbocycles. The number of aryl methyl sites for hydroxylation is 2. The van der Waals surface area contributed by atoms with E-state index in [2.05, 4.69) is 135 Å². The van der Waals surface area contributed by atoms with Gasteiger partial charge in [-0.15, -0.1) is 0 Å². The molecule has 0 aliphatic carbocycles. The van der Waals surface area contributed by atoms with Crippen molar-refractivity contribution >= 4 is 74.5 Å². The van der Waals surface area contributed by atoms with Gasteiger partial charge in [0.2, 0.25) is 5.91 Å². The van der Waals surface area contributed by atoms with Crippen LogP contribution in [-0.2, 0) is 36.9 Å². The zero-order valence-electron chi connectivity index (χ0n) is 68.0. The van der Waals surface area contributed by atoms with Crippen LogP contribution in [-0.4, -0.2) is 204 Å². The van der Waals surface area contributed by atoms with Crippen molar-refractivity contribution < 1.29 is 47.7 Å². The number of benzene rings is 5. The molecule has 7 N–H and O–H groups in total. The predicted octanol–water partition coefficient (Wildman–Crippen LogP) is 9.67. The summed E-state index contributed by atoms with van der Waals surface area (Å²) in [5.41, 5.74) is 17.5. The Kier molecular flexibility index (Phi) is 24.2. The Morgan fingerprint density at radius 3 is 1.34 bits per heavy atom. The molecule has 9 aliphatic rings. The van der Waals surface area contributed by atoms with Gasteiger partial charge in [0.1, 0.15) is 55.2 Å². The molecule has 4 atom stereocenters. The average molecular weight is 1610 g/mol. The van der Waals surface area contributed by atoms with Crippen LogP contribution in [0.25, 0.3) is 16.6 Å². The number of methoxy groups -OCH3 is 1. The number of hydrogen-bond acceptors (Lipinski definition) is 18. The van der Waals surface area contributed by atoms with Crippen LogP contribution in [0.1, 0.15) is 108 Å². The molecule has 26 heteroatoms. The highest BCUT2D eigenvalue weighted by Crippen LogP contribution is 2.37. The van der Waals surface area contributed by atoms with Gasteiger partial charge in [-0.05, 0) is 177 Å². The van der Waals surface area contributed by atoms with Gasteiger partial charge in [0.15, 0.2) is 0 Å². The van der Waals surface area contributed by atoms with Crippen LogP contribution in [0.2, 0.25) is 0 Å². The van der Waals surface area contributed by atoms with Crippen LogP contribution >= 0.6 is 0 Å². The summed E-state index contributed by atoms with van der Waals surface area (Å²) >= 11 is 0. The zero-order valence-corrected chi connectivity index (χ0v) is 68.0. The van der Waals surface area contributed by atoms with Gasteiger partial charge >= 0.3 is 0 Å². The first-order valence-electron chi connectivity index (χ1n) is 42.2. The first-order chi connectivity index (χ1) is 58.3. The number of hydrogen-bond donors (Lipinski definition) is 7. The molecular weight excluding hydrogens is 1500 g/mol. The van der Waals surface area contributed by atoms with Crippen molar-refractivity contribution in [1.29, 1.82) is 0 Å². The lowest BCUT2D eigenvalue weighted by Crippen LogP contribution is -2.44. The summed E-state index contributed by atoms with van der Waals surface area (Å²) in [6.07, 6.45) is 18.0. The molecule has 11 aromatic rings. The molecule has 9 aliphatic heterocycles. The van der Waals surface area contributed by atoms with E-state index in [1.165, 1.54) is 42.0 Å². The lowest BCUT2D eigenvalue weighted by Gasteiger charge is -2.31. The Hall–Kier alpha value is -12.3. The van der Waals surface area contributed by atoms with Gasteiger partial charge in [-0.2, -0.15) is 5.10 Å². The maximum Gasteiger partial charge on any atom is 0.255 e. The lowest BCUT2D eigenvalue weighted by molar-refractivity contribution is -0.116. The highest BCUT2D eigenvalue weighted by Gasteiger charge is 2.31. The van der Waals surface area contributed by atoms with Crippen molar-refractivity contribution in [1.82, 2.24) is 55.6 Å². The molecule has 6 aromatic heterocycles. The zero-order chi connectivity index (χ0) is 81.3. The van der Waals surface area contributed by atoms with E-state index in [9.17, 15) is 24.0 Å². The summed E-state index contributed by atoms with van der Waals surface area (Å²) in [5.74, 6) is 4.16. The van der Waals surface area contributed by atoms with Crippen molar-refractivity contribution in [3.05, 3.63) is 238 Å². The average Bonchev–Trinajstić information content (AvgIpc) is 1.79. The third-order valence-electron chi connectivity index (χ3n) is 24.1. The number of ether oxygens (including phenoxy) is 5. The maximum absolute atomic E-state index is 12.9. The fraction of sp³-hybridized carbons (Fsp3) is 0.376. The quantitative estimate of drug-likeness (QED) is 0.0567. The van der Waals surface area contributed by atoms with Crippen LogP contribution in [0.15, 0.2) is 183 Å². The molecule has 0 radical (unpaired) electrons. The topological polar surface area (TPSA) is 258 Å². The summed E-state index contributed by atoms with van der Waals surface area (Å²) in [6.45, 7) is 20.6. The Labute approximate surface area is 693 Å². The molecule has 5 amide bonds. The molecule has 0 bridgehead atoms. The van der Waals surface area contributed by atoms with Crippen LogP contribution < -0.4 is 85.4 Å². The van der Waals surface area contributed by atoms with Crippen molar-refractivity contribution in [2.45, 2.75) is 95.8 Å². The highest BCUT2D eigenvalue weighted by atomic mass is 16.5. The smallest absolute Gasteiger partial charge is 0.255 e. The number of amides is 5. The predicted molar refractivity (Wildman–Crippen MR) is 463 cm³/mol. The Morgan fingerprint density at radius 2 is 0.857 bits per heavy atom. The SMILES string of the molecule is CC(=O)N1CCCc2cc(C(=O)N[C@H]3COc4cc(N5CCCCC5)ccc4C3)ccc21.COc1ccn2ccc(C(=O)N[C@H]3COc4cc(N5CCNCC5)ccc4C3)c2c1.Cc1cccc2c(C(=O)N[C@H]3COc4cc(N5CCNCC5)ccc4C3)cnn12.O=C(N[C@H]1COc2cc(N3CCNCC3)ccc2C1)c1ccn2ccccc12. The number of pyridine rings is 3. The highest BCUT2D eigenvalue weighted by molar-refractivity contribution is 6.03. The van der Waals surface area contributed by atoms with Gasteiger partial charge in [0.05, 0.1) is 70.7 Å². The minimum Gasteiger partial charge on any atom is -0.497 e. The van der Waals surface area contributed by atoms with Crippen LogP contribution in [0.4, 0.5) is 28.4 Å². The second kappa shape index (κ2) is 36.3. The molecule has 20 rings (SSSR count). The van der Waals surface area contributed by atoms with E-state index in [0.717, 1.165) is 221 Å². The van der Waals surface area contributed by atoms with Crippen molar-refractivity contribution in [2.75, 3.05) is 156 Å². The van der Waals surface area contributed by atoms with E-state index in [0.29, 0.717) is 48.7 Å². The lowest BCUT2D eigenvalue weighted by atomic mass is 9.98. The molecule has 0 spiro atoms. The molecule has 4 fully saturated rings. The van der Waals surface area contributed by atoms with E-state index in [-0.39, 0.29) is 53.7 Å². The summed E-state index contributed by atoms with van der Waals surface area (Å²) in [5, 5.41) is 27.0. The minimum absolute atomic E-state index is 0.0244. The summed E-state index contributed by atoms with van der Waals surface area (Å²) < 4.78 is 35.1. The number of piperidine rings is 1. The van der Waals surface area contributed by atoms with Crippen LogP contribution in [0.5, 0.6) is 28.7 Å². The number of carbonyl (C=O) groups excluding carboxylic acids is 5. The number of anilines is 5. The number of carbonyl (C=O) groups is 5. The Morgan fingerprint density at radius 1 is 0.412 bits per heavy atom. The van der Waals surface area contributed by atoms with Crippen molar-refractivity contribution in [2.24, 2.45) is 0 Å². The molecule has 0 saturated carbocycles. The first kappa shape index (κ1) is 79.2. The molecule has 119 heavy (non-hydrogen) atoms. The minimum atomic E-state index is -0.111. The molecule has 618 valence electrons. The van der Waals surface area contributed by atoms with Crippen molar-refractivity contribution in [3.8, 4) is 28.7 Å². The van der Waals surface area contributed by atoms with Gasteiger partial charge in [0.25, 0.3) is 23.6 Å². The second-order valence-corrected chi connectivity index (χ2v) is 32.1. The van der Waals surface area contributed by atoms with E-state index < -0.39 is 0 Å². The largest absolute Gasteiger partial charge is 0.497 e. The third-order valence-corrected chi connectivity index (χ3v) is 24.1. The van der Waals surface area contributed by atoms with Crippen molar-refractivity contribution in [3.63, 3.8) is 0 Å². The molecule has 15 heterocycles. The number of piperazine rings is 3.